The third-order valence-corrected chi connectivity index (χ3v) is 2.86. The molecule has 1 aliphatic carbocycles. The first-order valence-electron chi connectivity index (χ1n) is 4.77. The highest BCUT2D eigenvalue weighted by Crippen LogP contribution is 2.20. The minimum Gasteiger partial charge on any atom is -0.460 e. The van der Waals surface area contributed by atoms with Crippen LogP contribution >= 0.6 is 15.9 Å². The van der Waals surface area contributed by atoms with Crippen LogP contribution < -0.4 is 5.32 Å². The second-order valence-corrected chi connectivity index (χ2v) is 4.35. The molecule has 1 saturated carbocycles. The van der Waals surface area contributed by atoms with Crippen molar-refractivity contribution in [2.75, 3.05) is 6.54 Å². The molecule has 0 aromatic carbocycles. The maximum absolute atomic E-state index is 11.6. The third kappa shape index (κ3) is 2.45. The molecular formula is C10H12BrNO2. The van der Waals surface area contributed by atoms with Crippen LogP contribution in [0.25, 0.3) is 0 Å². The topological polar surface area (TPSA) is 42.2 Å². The zero-order valence-electron chi connectivity index (χ0n) is 7.75. The standard InChI is InChI=1S/C10H12BrNO2/c11-8-4-6-14-10(8)9(13)3-5-12-7-1-2-7/h4,6-7,12H,1-3,5H2. The van der Waals surface area contributed by atoms with E-state index in [1.165, 1.54) is 19.1 Å². The Balaban J connectivity index is 1.79. The first kappa shape index (κ1) is 9.93. The van der Waals surface area contributed by atoms with Crippen LogP contribution in [0.15, 0.2) is 21.2 Å². The number of rotatable bonds is 5. The summed E-state index contributed by atoms with van der Waals surface area (Å²) in [6.45, 7) is 0.747. The smallest absolute Gasteiger partial charge is 0.200 e. The van der Waals surface area contributed by atoms with Gasteiger partial charge in [-0.1, -0.05) is 0 Å². The monoisotopic (exact) mass is 257 g/mol. The van der Waals surface area contributed by atoms with Gasteiger partial charge in [-0.2, -0.15) is 0 Å². The molecule has 0 unspecified atom stereocenters. The molecule has 1 heterocycles. The van der Waals surface area contributed by atoms with Crippen molar-refractivity contribution in [3.63, 3.8) is 0 Å². The molecule has 0 saturated heterocycles. The van der Waals surface area contributed by atoms with Crippen LogP contribution in [-0.4, -0.2) is 18.4 Å². The molecule has 0 bridgehead atoms. The molecule has 0 spiro atoms. The number of halogens is 1. The fourth-order valence-corrected chi connectivity index (χ4v) is 1.71. The summed E-state index contributed by atoms with van der Waals surface area (Å²) < 4.78 is 5.82. The molecule has 14 heavy (non-hydrogen) atoms. The lowest BCUT2D eigenvalue weighted by Gasteiger charge is -2.00. The third-order valence-electron chi connectivity index (χ3n) is 2.23. The van der Waals surface area contributed by atoms with Gasteiger partial charge in [0.25, 0.3) is 0 Å². The van der Waals surface area contributed by atoms with E-state index in [0.717, 1.165) is 11.0 Å². The van der Waals surface area contributed by atoms with Crippen LogP contribution in [0.5, 0.6) is 0 Å². The minimum absolute atomic E-state index is 0.0509. The van der Waals surface area contributed by atoms with Crippen LogP contribution in [0.4, 0.5) is 0 Å². The maximum Gasteiger partial charge on any atom is 0.200 e. The number of nitrogens with one attached hydrogen (secondary N) is 1. The van der Waals surface area contributed by atoms with Gasteiger partial charge in [0.2, 0.25) is 0 Å². The summed E-state index contributed by atoms with van der Waals surface area (Å²) in [6, 6.07) is 2.39. The fourth-order valence-electron chi connectivity index (χ4n) is 1.28. The van der Waals surface area contributed by atoms with Gasteiger partial charge in [0, 0.05) is 19.0 Å². The Kier molecular flexibility index (Phi) is 3.03. The Morgan fingerprint density at radius 2 is 2.43 bits per heavy atom. The van der Waals surface area contributed by atoms with Crippen LogP contribution in [0.2, 0.25) is 0 Å². The summed E-state index contributed by atoms with van der Waals surface area (Å²) >= 11 is 3.27. The van der Waals surface area contributed by atoms with Crippen LogP contribution in [0.1, 0.15) is 29.8 Å². The molecule has 1 aromatic rings. The second kappa shape index (κ2) is 4.28. The highest BCUT2D eigenvalue weighted by molar-refractivity contribution is 9.10. The molecule has 4 heteroatoms. The Hall–Kier alpha value is -0.610. The van der Waals surface area contributed by atoms with Crippen LogP contribution in [0, 0.1) is 0 Å². The normalized spacial score (nSPS) is 15.8. The van der Waals surface area contributed by atoms with Crippen molar-refractivity contribution in [2.45, 2.75) is 25.3 Å². The van der Waals surface area contributed by atoms with E-state index >= 15 is 0 Å². The molecule has 2 rings (SSSR count). The molecular weight excluding hydrogens is 246 g/mol. The lowest BCUT2D eigenvalue weighted by molar-refractivity contribution is 0.0954. The first-order valence-corrected chi connectivity index (χ1v) is 5.56. The van der Waals surface area contributed by atoms with Crippen molar-refractivity contribution in [2.24, 2.45) is 0 Å². The van der Waals surface area contributed by atoms with Gasteiger partial charge < -0.3 is 9.73 Å². The van der Waals surface area contributed by atoms with Crippen molar-refractivity contribution in [3.05, 3.63) is 22.6 Å². The van der Waals surface area contributed by atoms with Crippen LogP contribution in [0.3, 0.4) is 0 Å². The molecule has 0 amide bonds. The van der Waals surface area contributed by atoms with Gasteiger partial charge in [0.05, 0.1) is 10.7 Å². The minimum atomic E-state index is 0.0509. The molecule has 1 aromatic heterocycles. The van der Waals surface area contributed by atoms with Crippen molar-refractivity contribution in [1.29, 1.82) is 0 Å². The number of carbonyl (C=O) groups excluding carboxylic acids is 1. The molecule has 0 aliphatic heterocycles. The number of hydrogen-bond acceptors (Lipinski definition) is 3. The van der Waals surface area contributed by atoms with Crippen molar-refractivity contribution < 1.29 is 9.21 Å². The van der Waals surface area contributed by atoms with Gasteiger partial charge >= 0.3 is 0 Å². The summed E-state index contributed by atoms with van der Waals surface area (Å²) in [5.41, 5.74) is 0. The molecule has 1 N–H and O–H groups in total. The predicted molar refractivity (Wildman–Crippen MR) is 56.4 cm³/mol. The number of furan rings is 1. The number of carbonyl (C=O) groups is 1. The SMILES string of the molecule is O=C(CCNC1CC1)c1occc1Br. The van der Waals surface area contributed by atoms with Crippen molar-refractivity contribution in [3.8, 4) is 0 Å². The van der Waals surface area contributed by atoms with Gasteiger partial charge in [-0.3, -0.25) is 4.79 Å². The Morgan fingerprint density at radius 1 is 1.64 bits per heavy atom. The molecule has 1 aliphatic rings. The van der Waals surface area contributed by atoms with Gasteiger partial charge in [0.15, 0.2) is 11.5 Å². The lowest BCUT2D eigenvalue weighted by atomic mass is 10.2. The Morgan fingerprint density at radius 3 is 3.00 bits per heavy atom. The molecule has 3 nitrogen and oxygen atoms in total. The largest absolute Gasteiger partial charge is 0.460 e. The van der Waals surface area contributed by atoms with E-state index in [2.05, 4.69) is 21.2 Å². The van der Waals surface area contributed by atoms with Gasteiger partial charge in [0.1, 0.15) is 0 Å². The molecule has 1 fully saturated rings. The fraction of sp³-hybridized carbons (Fsp3) is 0.500. The summed E-state index contributed by atoms with van der Waals surface area (Å²) in [4.78, 5) is 11.6. The molecule has 76 valence electrons. The quantitative estimate of drug-likeness (QED) is 0.824. The lowest BCUT2D eigenvalue weighted by Crippen LogP contribution is -2.20. The van der Waals surface area contributed by atoms with E-state index in [1.807, 2.05) is 0 Å². The maximum atomic E-state index is 11.6. The van der Waals surface area contributed by atoms with Gasteiger partial charge in [-0.25, -0.2) is 0 Å². The average Bonchev–Trinajstić information content (AvgIpc) is 2.87. The zero-order chi connectivity index (χ0) is 9.97. The van der Waals surface area contributed by atoms with E-state index in [4.69, 9.17) is 4.42 Å². The first-order chi connectivity index (χ1) is 6.77. The summed E-state index contributed by atoms with van der Waals surface area (Å²) in [6.07, 6.45) is 4.52. The molecule has 0 radical (unpaired) electrons. The molecule has 0 atom stereocenters. The highest BCUT2D eigenvalue weighted by atomic mass is 79.9. The second-order valence-electron chi connectivity index (χ2n) is 3.50. The Bertz CT molecular complexity index is 331. The average molecular weight is 258 g/mol. The number of hydrogen-bond donors (Lipinski definition) is 1. The number of ketones is 1. The highest BCUT2D eigenvalue weighted by Gasteiger charge is 2.21. The van der Waals surface area contributed by atoms with Gasteiger partial charge in [-0.15, -0.1) is 0 Å². The van der Waals surface area contributed by atoms with E-state index < -0.39 is 0 Å². The Labute approximate surface area is 91.0 Å². The van der Waals surface area contributed by atoms with Crippen molar-refractivity contribution in [1.82, 2.24) is 5.32 Å². The zero-order valence-corrected chi connectivity index (χ0v) is 9.34. The van der Waals surface area contributed by atoms with Crippen LogP contribution in [-0.2, 0) is 0 Å². The number of Topliss-reactive ketones (excluding diaryl/α,β-unsaturated/α-hetero) is 1. The summed E-state index contributed by atoms with van der Waals surface area (Å²) in [7, 11) is 0. The van der Waals surface area contributed by atoms with E-state index in [-0.39, 0.29) is 5.78 Å². The summed E-state index contributed by atoms with van der Waals surface area (Å²) in [5.74, 6) is 0.484. The summed E-state index contributed by atoms with van der Waals surface area (Å²) in [5, 5.41) is 3.29. The van der Waals surface area contributed by atoms with E-state index in [0.29, 0.717) is 18.2 Å². The van der Waals surface area contributed by atoms with Crippen molar-refractivity contribution >= 4 is 21.7 Å². The van der Waals surface area contributed by atoms with Gasteiger partial charge in [-0.05, 0) is 34.8 Å². The predicted octanol–water partition coefficient (Wildman–Crippen LogP) is 2.37. The van der Waals surface area contributed by atoms with E-state index in [1.54, 1.807) is 6.07 Å². The van der Waals surface area contributed by atoms with E-state index in [9.17, 15) is 4.79 Å².